The summed E-state index contributed by atoms with van der Waals surface area (Å²) in [5.74, 6) is 6.63. The van der Waals surface area contributed by atoms with E-state index >= 15 is 0 Å². The van der Waals surface area contributed by atoms with Crippen LogP contribution >= 0.6 is 0 Å². The van der Waals surface area contributed by atoms with Gasteiger partial charge in [0.1, 0.15) is 0 Å². The third-order valence-corrected chi connectivity index (χ3v) is 3.51. The summed E-state index contributed by atoms with van der Waals surface area (Å²) in [4.78, 5) is 2.43. The maximum absolute atomic E-state index is 3.32. The summed E-state index contributed by atoms with van der Waals surface area (Å²) in [6, 6.07) is 14.8. The van der Waals surface area contributed by atoms with Gasteiger partial charge in [-0.3, -0.25) is 4.90 Å². The molecule has 1 aliphatic rings. The fourth-order valence-electron chi connectivity index (χ4n) is 2.52. The monoisotopic (exact) mass is 235 g/mol. The van der Waals surface area contributed by atoms with Crippen molar-refractivity contribution in [2.24, 2.45) is 0 Å². The Bertz CT molecular complexity index is 592. The molecule has 1 heteroatoms. The molecule has 18 heavy (non-hydrogen) atoms. The van der Waals surface area contributed by atoms with Gasteiger partial charge in [-0.1, -0.05) is 48.2 Å². The van der Waals surface area contributed by atoms with Gasteiger partial charge in [0.15, 0.2) is 0 Å². The molecular weight excluding hydrogens is 218 g/mol. The molecule has 1 aliphatic heterocycles. The highest BCUT2D eigenvalue weighted by molar-refractivity contribution is 5.88. The number of nitrogens with zero attached hydrogens (tertiary/aromatic N) is 1. The molecule has 0 aromatic heterocycles. The average Bonchev–Trinajstić information content (AvgIpc) is 2.92. The van der Waals surface area contributed by atoms with E-state index in [1.807, 2.05) is 0 Å². The van der Waals surface area contributed by atoms with Gasteiger partial charge in [-0.2, -0.15) is 0 Å². The Morgan fingerprint density at radius 1 is 0.944 bits per heavy atom. The van der Waals surface area contributed by atoms with Crippen LogP contribution in [-0.2, 0) is 0 Å². The van der Waals surface area contributed by atoms with E-state index < -0.39 is 0 Å². The molecule has 0 N–H and O–H groups in total. The molecule has 1 heterocycles. The number of hydrogen-bond acceptors (Lipinski definition) is 1. The molecule has 2 aromatic carbocycles. The van der Waals surface area contributed by atoms with Crippen LogP contribution in [0.25, 0.3) is 10.8 Å². The van der Waals surface area contributed by atoms with Crippen LogP contribution in [0.3, 0.4) is 0 Å². The van der Waals surface area contributed by atoms with Crippen molar-refractivity contribution in [3.63, 3.8) is 0 Å². The lowest BCUT2D eigenvalue weighted by atomic mass is 10.1. The first-order valence-electron chi connectivity index (χ1n) is 6.62. The van der Waals surface area contributed by atoms with Crippen molar-refractivity contribution in [2.75, 3.05) is 19.6 Å². The molecule has 0 bridgehead atoms. The van der Waals surface area contributed by atoms with E-state index in [1.54, 1.807) is 0 Å². The van der Waals surface area contributed by atoms with Gasteiger partial charge in [0, 0.05) is 5.56 Å². The summed E-state index contributed by atoms with van der Waals surface area (Å²) >= 11 is 0. The fraction of sp³-hybridized carbons (Fsp3) is 0.294. The van der Waals surface area contributed by atoms with Gasteiger partial charge in [0.05, 0.1) is 6.54 Å². The predicted molar refractivity (Wildman–Crippen MR) is 76.5 cm³/mol. The third kappa shape index (κ3) is 2.39. The van der Waals surface area contributed by atoms with E-state index in [-0.39, 0.29) is 0 Å². The molecular formula is C17H17N. The smallest absolute Gasteiger partial charge is 0.0605 e. The first-order chi connectivity index (χ1) is 8.93. The molecule has 0 spiro atoms. The zero-order valence-electron chi connectivity index (χ0n) is 10.5. The van der Waals surface area contributed by atoms with Gasteiger partial charge < -0.3 is 0 Å². The molecule has 90 valence electrons. The van der Waals surface area contributed by atoms with E-state index in [1.165, 1.54) is 36.7 Å². The lowest BCUT2D eigenvalue weighted by Crippen LogP contribution is -2.18. The van der Waals surface area contributed by atoms with E-state index in [2.05, 4.69) is 59.2 Å². The second-order valence-electron chi connectivity index (χ2n) is 4.81. The summed E-state index contributed by atoms with van der Waals surface area (Å²) in [5, 5.41) is 2.53. The zero-order chi connectivity index (χ0) is 12.2. The number of benzene rings is 2. The fourth-order valence-corrected chi connectivity index (χ4v) is 2.52. The van der Waals surface area contributed by atoms with Gasteiger partial charge >= 0.3 is 0 Å². The van der Waals surface area contributed by atoms with Crippen molar-refractivity contribution < 1.29 is 0 Å². The minimum atomic E-state index is 0.906. The Balaban J connectivity index is 1.83. The summed E-state index contributed by atoms with van der Waals surface area (Å²) in [5.41, 5.74) is 1.15. The Hall–Kier alpha value is -1.78. The van der Waals surface area contributed by atoms with E-state index in [4.69, 9.17) is 0 Å². The first-order valence-corrected chi connectivity index (χ1v) is 6.62. The molecule has 1 saturated heterocycles. The highest BCUT2D eigenvalue weighted by Crippen LogP contribution is 2.17. The zero-order valence-corrected chi connectivity index (χ0v) is 10.5. The second kappa shape index (κ2) is 5.25. The molecule has 0 aliphatic carbocycles. The van der Waals surface area contributed by atoms with Gasteiger partial charge in [0.25, 0.3) is 0 Å². The van der Waals surface area contributed by atoms with Crippen molar-refractivity contribution in [3.8, 4) is 11.8 Å². The average molecular weight is 235 g/mol. The molecule has 2 aromatic rings. The Morgan fingerprint density at radius 2 is 1.72 bits per heavy atom. The summed E-state index contributed by atoms with van der Waals surface area (Å²) in [6.45, 7) is 3.33. The first kappa shape index (κ1) is 11.3. The highest BCUT2D eigenvalue weighted by Gasteiger charge is 2.08. The van der Waals surface area contributed by atoms with Crippen LogP contribution in [0, 0.1) is 11.8 Å². The summed E-state index contributed by atoms with van der Waals surface area (Å²) < 4.78 is 0. The van der Waals surface area contributed by atoms with Crippen molar-refractivity contribution in [3.05, 3.63) is 48.0 Å². The van der Waals surface area contributed by atoms with Crippen LogP contribution < -0.4 is 0 Å². The topological polar surface area (TPSA) is 3.24 Å². The number of hydrogen-bond donors (Lipinski definition) is 0. The van der Waals surface area contributed by atoms with Crippen LogP contribution in [0.1, 0.15) is 18.4 Å². The van der Waals surface area contributed by atoms with Crippen molar-refractivity contribution in [1.82, 2.24) is 4.90 Å². The maximum atomic E-state index is 3.32. The molecule has 0 radical (unpaired) electrons. The SMILES string of the molecule is C(#Cc1cccc2ccccc12)CN1CCCC1. The minimum Gasteiger partial charge on any atom is -0.292 e. The Labute approximate surface area is 108 Å². The van der Waals surface area contributed by atoms with Crippen molar-refractivity contribution >= 4 is 10.8 Å². The summed E-state index contributed by atoms with van der Waals surface area (Å²) in [6.07, 6.45) is 2.66. The molecule has 1 fully saturated rings. The minimum absolute atomic E-state index is 0.906. The molecule has 0 unspecified atom stereocenters. The van der Waals surface area contributed by atoms with E-state index in [9.17, 15) is 0 Å². The molecule has 1 nitrogen and oxygen atoms in total. The lowest BCUT2D eigenvalue weighted by molar-refractivity contribution is 0.383. The van der Waals surface area contributed by atoms with E-state index in [0.717, 1.165) is 12.1 Å². The van der Waals surface area contributed by atoms with Gasteiger partial charge in [0.2, 0.25) is 0 Å². The standard InChI is InChI=1S/C17H17N/c1-2-11-17-15(7-1)8-5-9-16(17)10-6-14-18-12-3-4-13-18/h1-2,5,7-9,11H,3-4,12-14H2. The Morgan fingerprint density at radius 3 is 2.61 bits per heavy atom. The second-order valence-corrected chi connectivity index (χ2v) is 4.81. The van der Waals surface area contributed by atoms with E-state index in [0.29, 0.717) is 0 Å². The molecule has 0 atom stereocenters. The van der Waals surface area contributed by atoms with Crippen LogP contribution in [0.4, 0.5) is 0 Å². The van der Waals surface area contributed by atoms with Crippen molar-refractivity contribution in [1.29, 1.82) is 0 Å². The molecule has 0 amide bonds. The number of fused-ring (bicyclic) bond motifs is 1. The van der Waals surface area contributed by atoms with Gasteiger partial charge in [-0.25, -0.2) is 0 Å². The molecule has 3 rings (SSSR count). The van der Waals surface area contributed by atoms with Crippen LogP contribution in [0.5, 0.6) is 0 Å². The van der Waals surface area contributed by atoms with Gasteiger partial charge in [-0.05, 0) is 42.8 Å². The van der Waals surface area contributed by atoms with Crippen LogP contribution in [-0.4, -0.2) is 24.5 Å². The number of likely N-dealkylation sites (tertiary alicyclic amines) is 1. The van der Waals surface area contributed by atoms with Crippen LogP contribution in [0.15, 0.2) is 42.5 Å². The third-order valence-electron chi connectivity index (χ3n) is 3.51. The predicted octanol–water partition coefficient (Wildman–Crippen LogP) is 3.29. The highest BCUT2D eigenvalue weighted by atomic mass is 15.1. The summed E-state index contributed by atoms with van der Waals surface area (Å²) in [7, 11) is 0. The van der Waals surface area contributed by atoms with Crippen molar-refractivity contribution in [2.45, 2.75) is 12.8 Å². The quantitative estimate of drug-likeness (QED) is 0.686. The van der Waals surface area contributed by atoms with Crippen LogP contribution in [0.2, 0.25) is 0 Å². The molecule has 0 saturated carbocycles. The maximum Gasteiger partial charge on any atom is 0.0605 e. The normalized spacial score (nSPS) is 15.6. The number of rotatable bonds is 1. The Kier molecular flexibility index (Phi) is 3.30. The largest absolute Gasteiger partial charge is 0.292 e. The lowest BCUT2D eigenvalue weighted by Gasteiger charge is -2.08. The van der Waals surface area contributed by atoms with Gasteiger partial charge in [-0.15, -0.1) is 0 Å².